The van der Waals surface area contributed by atoms with Crippen LogP contribution in [-0.4, -0.2) is 14.2 Å². The van der Waals surface area contributed by atoms with Gasteiger partial charge in [0.25, 0.3) is 0 Å². The molecule has 0 spiro atoms. The predicted octanol–water partition coefficient (Wildman–Crippen LogP) is 4.57. The molecular formula is C19H21NO3. The molecule has 0 aliphatic rings. The van der Waals surface area contributed by atoms with Gasteiger partial charge in [-0.15, -0.1) is 0 Å². The summed E-state index contributed by atoms with van der Waals surface area (Å²) < 4.78 is 16.8. The monoisotopic (exact) mass is 311 g/mol. The summed E-state index contributed by atoms with van der Waals surface area (Å²) in [4.78, 5) is 0. The van der Waals surface area contributed by atoms with Gasteiger partial charge in [0.2, 0.25) is 0 Å². The van der Waals surface area contributed by atoms with Crippen LogP contribution >= 0.6 is 0 Å². The van der Waals surface area contributed by atoms with E-state index in [-0.39, 0.29) is 5.92 Å². The molecule has 0 amide bonds. The van der Waals surface area contributed by atoms with Crippen molar-refractivity contribution in [3.05, 3.63) is 53.8 Å². The van der Waals surface area contributed by atoms with E-state index < -0.39 is 0 Å². The van der Waals surface area contributed by atoms with Crippen LogP contribution in [0.4, 0.5) is 5.69 Å². The Labute approximate surface area is 135 Å². The van der Waals surface area contributed by atoms with Crippen LogP contribution in [0.15, 0.2) is 46.9 Å². The van der Waals surface area contributed by atoms with E-state index in [1.54, 1.807) is 14.2 Å². The number of hydrogen-bond donors (Lipinski definition) is 1. The average molecular weight is 311 g/mol. The van der Waals surface area contributed by atoms with E-state index >= 15 is 0 Å². The van der Waals surface area contributed by atoms with Gasteiger partial charge >= 0.3 is 0 Å². The highest BCUT2D eigenvalue weighted by molar-refractivity contribution is 5.81. The number of fused-ring (bicyclic) bond motifs is 1. The second kappa shape index (κ2) is 6.24. The minimum absolute atomic E-state index is 0.156. The van der Waals surface area contributed by atoms with Crippen LogP contribution in [0, 0.1) is 0 Å². The lowest BCUT2D eigenvalue weighted by atomic mass is 9.93. The minimum atomic E-state index is 0.156. The lowest BCUT2D eigenvalue weighted by molar-refractivity contribution is 0.354. The summed E-state index contributed by atoms with van der Waals surface area (Å²) in [5, 5.41) is 1.03. The maximum Gasteiger partial charge on any atom is 0.161 e. The molecule has 0 fully saturated rings. The maximum absolute atomic E-state index is 6.03. The summed E-state index contributed by atoms with van der Waals surface area (Å²) in [5.41, 5.74) is 8.58. The van der Waals surface area contributed by atoms with E-state index in [4.69, 9.17) is 19.6 Å². The van der Waals surface area contributed by atoms with Gasteiger partial charge in [0.05, 0.1) is 14.2 Å². The zero-order valence-corrected chi connectivity index (χ0v) is 13.6. The highest BCUT2D eigenvalue weighted by Gasteiger charge is 2.19. The Hall–Kier alpha value is -2.62. The highest BCUT2D eigenvalue weighted by atomic mass is 16.5. The number of benzene rings is 2. The van der Waals surface area contributed by atoms with E-state index in [0.29, 0.717) is 0 Å². The summed E-state index contributed by atoms with van der Waals surface area (Å²) in [6.45, 7) is 2.14. The van der Waals surface area contributed by atoms with Gasteiger partial charge in [-0.25, -0.2) is 0 Å². The number of furan rings is 1. The zero-order chi connectivity index (χ0) is 16.4. The molecule has 1 aromatic heterocycles. The molecule has 120 valence electrons. The summed E-state index contributed by atoms with van der Waals surface area (Å²) in [5.74, 6) is 2.54. The Morgan fingerprint density at radius 3 is 2.48 bits per heavy atom. The molecule has 2 N–H and O–H groups in total. The van der Waals surface area contributed by atoms with Crippen LogP contribution in [0.25, 0.3) is 11.0 Å². The van der Waals surface area contributed by atoms with Gasteiger partial charge in [-0.3, -0.25) is 0 Å². The third kappa shape index (κ3) is 2.84. The fourth-order valence-corrected chi connectivity index (χ4v) is 2.92. The summed E-state index contributed by atoms with van der Waals surface area (Å²) in [6, 6.07) is 13.8. The molecule has 0 aliphatic heterocycles. The van der Waals surface area contributed by atoms with Crippen molar-refractivity contribution in [2.24, 2.45) is 0 Å². The number of hydrogen-bond acceptors (Lipinski definition) is 4. The molecule has 3 aromatic rings. The van der Waals surface area contributed by atoms with Crippen LogP contribution in [0.2, 0.25) is 0 Å². The van der Waals surface area contributed by atoms with Crippen molar-refractivity contribution in [1.29, 1.82) is 0 Å². The van der Waals surface area contributed by atoms with Crippen LogP contribution in [0.5, 0.6) is 11.5 Å². The summed E-state index contributed by atoms with van der Waals surface area (Å²) in [6.07, 6.45) is 0.921. The summed E-state index contributed by atoms with van der Waals surface area (Å²) >= 11 is 0. The number of rotatable bonds is 5. The maximum atomic E-state index is 6.03. The smallest absolute Gasteiger partial charge is 0.161 e. The fraction of sp³-hybridized carbons (Fsp3) is 0.263. The SMILES string of the molecule is CCC(c1ccc(OC)c(OC)c1)c1cc2cc(N)ccc2o1. The molecule has 1 unspecified atom stereocenters. The number of ether oxygens (including phenoxy) is 2. The second-order valence-electron chi connectivity index (χ2n) is 5.52. The quantitative estimate of drug-likeness (QED) is 0.701. The van der Waals surface area contributed by atoms with Crippen molar-refractivity contribution < 1.29 is 13.9 Å². The molecule has 0 radical (unpaired) electrons. The lowest BCUT2D eigenvalue weighted by Gasteiger charge is -2.15. The van der Waals surface area contributed by atoms with Gasteiger partial charge in [-0.05, 0) is 48.4 Å². The number of methoxy groups -OCH3 is 2. The molecule has 2 aromatic carbocycles. The Bertz CT molecular complexity index is 823. The Morgan fingerprint density at radius 2 is 1.78 bits per heavy atom. The van der Waals surface area contributed by atoms with E-state index in [9.17, 15) is 0 Å². The molecule has 4 nitrogen and oxygen atoms in total. The normalized spacial score (nSPS) is 12.3. The standard InChI is InChI=1S/C19H21NO3/c1-4-15(12-5-7-17(21-2)19(10-12)22-3)18-11-13-9-14(20)6-8-16(13)23-18/h5-11,15H,4,20H2,1-3H3. The van der Waals surface area contributed by atoms with Gasteiger partial charge in [-0.2, -0.15) is 0 Å². The molecule has 1 atom stereocenters. The third-order valence-electron chi connectivity index (χ3n) is 4.12. The zero-order valence-electron chi connectivity index (χ0n) is 13.6. The number of nitrogens with two attached hydrogens (primary N) is 1. The minimum Gasteiger partial charge on any atom is -0.493 e. The molecule has 1 heterocycles. The topological polar surface area (TPSA) is 57.6 Å². The third-order valence-corrected chi connectivity index (χ3v) is 4.12. The van der Waals surface area contributed by atoms with Gasteiger partial charge in [-0.1, -0.05) is 13.0 Å². The van der Waals surface area contributed by atoms with Crippen molar-refractivity contribution in [2.75, 3.05) is 20.0 Å². The number of nitrogen functional groups attached to an aromatic ring is 1. The Kier molecular flexibility index (Phi) is 4.15. The van der Waals surface area contributed by atoms with E-state index in [1.807, 2.05) is 30.3 Å². The van der Waals surface area contributed by atoms with Crippen molar-refractivity contribution in [3.63, 3.8) is 0 Å². The van der Waals surface area contributed by atoms with Crippen LogP contribution < -0.4 is 15.2 Å². The predicted molar refractivity (Wildman–Crippen MR) is 92.3 cm³/mol. The Morgan fingerprint density at radius 1 is 1.00 bits per heavy atom. The molecule has 4 heteroatoms. The average Bonchev–Trinajstić information content (AvgIpc) is 2.97. The second-order valence-corrected chi connectivity index (χ2v) is 5.52. The highest BCUT2D eigenvalue weighted by Crippen LogP contribution is 2.37. The van der Waals surface area contributed by atoms with Crippen LogP contribution in [0.1, 0.15) is 30.6 Å². The fourth-order valence-electron chi connectivity index (χ4n) is 2.92. The van der Waals surface area contributed by atoms with E-state index in [2.05, 4.69) is 19.1 Å². The van der Waals surface area contributed by atoms with Crippen molar-refractivity contribution >= 4 is 16.7 Å². The van der Waals surface area contributed by atoms with Crippen molar-refractivity contribution in [2.45, 2.75) is 19.3 Å². The van der Waals surface area contributed by atoms with Gasteiger partial charge in [0, 0.05) is 17.0 Å². The molecule has 0 bridgehead atoms. The molecule has 0 saturated carbocycles. The molecule has 0 saturated heterocycles. The first-order valence-electron chi connectivity index (χ1n) is 7.67. The van der Waals surface area contributed by atoms with E-state index in [1.165, 1.54) is 0 Å². The first-order valence-corrected chi connectivity index (χ1v) is 7.67. The molecule has 0 aliphatic carbocycles. The summed E-state index contributed by atoms with van der Waals surface area (Å²) in [7, 11) is 3.28. The van der Waals surface area contributed by atoms with Crippen LogP contribution in [0.3, 0.4) is 0 Å². The largest absolute Gasteiger partial charge is 0.493 e. The molecule has 3 rings (SSSR count). The van der Waals surface area contributed by atoms with Crippen LogP contribution in [-0.2, 0) is 0 Å². The first kappa shape index (κ1) is 15.3. The van der Waals surface area contributed by atoms with E-state index in [0.717, 1.165) is 45.9 Å². The van der Waals surface area contributed by atoms with Gasteiger partial charge in [0.1, 0.15) is 11.3 Å². The van der Waals surface area contributed by atoms with Gasteiger partial charge in [0.15, 0.2) is 11.5 Å². The number of anilines is 1. The van der Waals surface area contributed by atoms with Crippen molar-refractivity contribution in [1.82, 2.24) is 0 Å². The first-order chi connectivity index (χ1) is 11.2. The molecular weight excluding hydrogens is 290 g/mol. The Balaban J connectivity index is 2.04. The molecule has 23 heavy (non-hydrogen) atoms. The van der Waals surface area contributed by atoms with Crippen molar-refractivity contribution in [3.8, 4) is 11.5 Å². The van der Waals surface area contributed by atoms with Gasteiger partial charge < -0.3 is 19.6 Å². The lowest BCUT2D eigenvalue weighted by Crippen LogP contribution is -2.00.